The molecule has 0 aliphatic rings. The van der Waals surface area contributed by atoms with Crippen LogP contribution in [0.5, 0.6) is 0 Å². The third-order valence-electron chi connectivity index (χ3n) is 2.30. The van der Waals surface area contributed by atoms with E-state index in [2.05, 4.69) is 9.50 Å². The summed E-state index contributed by atoms with van der Waals surface area (Å²) >= 11 is 3.65. The SMILES string of the molecule is C.C.Cc1ccc(C(=O)NCS(=O)OCCl)cc1C. The molecule has 0 fully saturated rings. The fourth-order valence-corrected chi connectivity index (χ4v) is 1.93. The average Bonchev–Trinajstić information content (AvgIpc) is 2.30. The highest BCUT2D eigenvalue weighted by Gasteiger charge is 2.08. The van der Waals surface area contributed by atoms with Crippen molar-refractivity contribution in [2.45, 2.75) is 28.7 Å². The summed E-state index contributed by atoms with van der Waals surface area (Å²) in [6.07, 6.45) is 0. The van der Waals surface area contributed by atoms with Gasteiger partial charge in [0.05, 0.1) is 0 Å². The molecule has 0 heterocycles. The second-order valence-corrected chi connectivity index (χ2v) is 4.83. The molecule has 0 spiro atoms. The minimum atomic E-state index is -1.59. The highest BCUT2D eigenvalue weighted by Crippen LogP contribution is 2.09. The van der Waals surface area contributed by atoms with Gasteiger partial charge in [0.25, 0.3) is 5.91 Å². The van der Waals surface area contributed by atoms with Gasteiger partial charge in [0.15, 0.2) is 11.1 Å². The number of rotatable bonds is 5. The first-order valence-electron chi connectivity index (χ1n) is 4.97. The molecule has 1 N–H and O–H groups in total. The van der Waals surface area contributed by atoms with Gasteiger partial charge in [-0.2, -0.15) is 0 Å². The van der Waals surface area contributed by atoms with Crippen LogP contribution in [-0.2, 0) is 15.3 Å². The molecule has 0 radical (unpaired) electrons. The zero-order valence-corrected chi connectivity index (χ0v) is 11.2. The number of carbonyl (C=O) groups excluding carboxylic acids is 1. The summed E-state index contributed by atoms with van der Waals surface area (Å²) in [5.74, 6) is -0.349. The van der Waals surface area contributed by atoms with Crippen LogP contribution in [0.25, 0.3) is 0 Å². The summed E-state index contributed by atoms with van der Waals surface area (Å²) in [4.78, 5) is 11.7. The van der Waals surface area contributed by atoms with Crippen LogP contribution in [0.2, 0.25) is 0 Å². The fraction of sp³-hybridized carbons (Fsp3) is 0.462. The molecule has 0 saturated heterocycles. The van der Waals surface area contributed by atoms with Crippen molar-refractivity contribution in [1.29, 1.82) is 0 Å². The predicted molar refractivity (Wildman–Crippen MR) is 81.7 cm³/mol. The summed E-state index contributed by atoms with van der Waals surface area (Å²) < 4.78 is 15.7. The van der Waals surface area contributed by atoms with Crippen LogP contribution in [0.1, 0.15) is 36.3 Å². The molecule has 1 aromatic carbocycles. The Morgan fingerprint density at radius 2 is 1.95 bits per heavy atom. The molecule has 1 rings (SSSR count). The quantitative estimate of drug-likeness (QED) is 0.850. The summed E-state index contributed by atoms with van der Waals surface area (Å²) in [5.41, 5.74) is 2.70. The first-order chi connectivity index (χ1) is 8.04. The lowest BCUT2D eigenvalue weighted by Gasteiger charge is -2.06. The third-order valence-corrected chi connectivity index (χ3v) is 3.29. The van der Waals surface area contributed by atoms with Crippen molar-refractivity contribution in [1.82, 2.24) is 5.32 Å². The summed E-state index contributed by atoms with van der Waals surface area (Å²) in [6.45, 7) is 3.90. The predicted octanol–water partition coefficient (Wildman–Crippen LogP) is 3.14. The molecular weight excluding hydrogens is 286 g/mol. The Morgan fingerprint density at radius 1 is 1.32 bits per heavy atom. The Kier molecular flexibility index (Phi) is 10.7. The zero-order chi connectivity index (χ0) is 12.8. The van der Waals surface area contributed by atoms with Crippen molar-refractivity contribution in [3.63, 3.8) is 0 Å². The van der Waals surface area contributed by atoms with Crippen molar-refractivity contribution in [2.24, 2.45) is 0 Å². The molecule has 110 valence electrons. The number of benzene rings is 1. The molecule has 1 aromatic rings. The molecule has 1 unspecified atom stereocenters. The van der Waals surface area contributed by atoms with Crippen LogP contribution in [-0.4, -0.2) is 22.1 Å². The molecule has 6 heteroatoms. The monoisotopic (exact) mass is 307 g/mol. The highest BCUT2D eigenvalue weighted by atomic mass is 35.5. The molecule has 0 bridgehead atoms. The third kappa shape index (κ3) is 6.71. The van der Waals surface area contributed by atoms with E-state index >= 15 is 0 Å². The van der Waals surface area contributed by atoms with Crippen LogP contribution in [0.3, 0.4) is 0 Å². The number of alkyl halides is 1. The van der Waals surface area contributed by atoms with Gasteiger partial charge in [0, 0.05) is 5.56 Å². The number of halogens is 1. The van der Waals surface area contributed by atoms with Gasteiger partial charge in [-0.25, -0.2) is 4.21 Å². The fourth-order valence-electron chi connectivity index (χ4n) is 1.20. The maximum atomic E-state index is 11.7. The second-order valence-electron chi connectivity index (χ2n) is 3.48. The molecule has 0 aromatic heterocycles. The van der Waals surface area contributed by atoms with Crippen molar-refractivity contribution in [3.8, 4) is 0 Å². The Morgan fingerprint density at radius 3 is 2.47 bits per heavy atom. The largest absolute Gasteiger partial charge is 0.338 e. The van der Waals surface area contributed by atoms with Crippen LogP contribution in [0.4, 0.5) is 0 Å². The minimum Gasteiger partial charge on any atom is -0.338 e. The molecule has 0 aliphatic heterocycles. The lowest BCUT2D eigenvalue weighted by molar-refractivity contribution is 0.0959. The Labute approximate surface area is 123 Å². The van der Waals surface area contributed by atoms with Crippen LogP contribution >= 0.6 is 11.6 Å². The van der Waals surface area contributed by atoms with Crippen molar-refractivity contribution >= 4 is 28.6 Å². The maximum absolute atomic E-state index is 11.7. The van der Waals surface area contributed by atoms with Crippen LogP contribution < -0.4 is 5.32 Å². The van der Waals surface area contributed by atoms with Crippen LogP contribution in [0.15, 0.2) is 18.2 Å². The van der Waals surface area contributed by atoms with Crippen molar-refractivity contribution in [3.05, 3.63) is 34.9 Å². The van der Waals surface area contributed by atoms with E-state index in [4.69, 9.17) is 11.6 Å². The normalized spacial score (nSPS) is 10.9. The zero-order valence-electron chi connectivity index (χ0n) is 9.66. The van der Waals surface area contributed by atoms with Gasteiger partial charge in [-0.15, -0.1) is 0 Å². The number of nitrogens with one attached hydrogen (secondary N) is 1. The first kappa shape index (κ1) is 20.4. The van der Waals surface area contributed by atoms with Gasteiger partial charge < -0.3 is 5.32 Å². The Bertz CT molecular complexity index is 438. The lowest BCUT2D eigenvalue weighted by atomic mass is 10.1. The maximum Gasteiger partial charge on any atom is 0.252 e. The van der Waals surface area contributed by atoms with E-state index in [-0.39, 0.29) is 32.7 Å². The van der Waals surface area contributed by atoms with Gasteiger partial charge in [-0.05, 0) is 37.1 Å². The number of amides is 1. The lowest BCUT2D eigenvalue weighted by Crippen LogP contribution is -2.27. The minimum absolute atomic E-state index is 0. The van der Waals surface area contributed by atoms with Gasteiger partial charge in [0.2, 0.25) is 0 Å². The highest BCUT2D eigenvalue weighted by molar-refractivity contribution is 7.80. The summed E-state index contributed by atoms with van der Waals surface area (Å²) in [6, 6.07) is 5.22. The summed E-state index contributed by atoms with van der Waals surface area (Å²) in [7, 11) is 0. The van der Waals surface area contributed by atoms with Gasteiger partial charge >= 0.3 is 0 Å². The summed E-state index contributed by atoms with van der Waals surface area (Å²) in [5, 5.41) is 2.51. The van der Waals surface area contributed by atoms with E-state index in [1.54, 1.807) is 12.1 Å². The topological polar surface area (TPSA) is 55.4 Å². The number of aryl methyl sites for hydroxylation is 2. The van der Waals surface area contributed by atoms with E-state index in [9.17, 15) is 9.00 Å². The molecule has 0 aliphatic carbocycles. The Hall–Kier alpha value is -0.910. The van der Waals surface area contributed by atoms with E-state index < -0.39 is 11.1 Å². The average molecular weight is 308 g/mol. The van der Waals surface area contributed by atoms with Crippen molar-refractivity contribution < 1.29 is 13.2 Å². The van der Waals surface area contributed by atoms with E-state index in [0.29, 0.717) is 5.56 Å². The first-order valence-corrected chi connectivity index (χ1v) is 6.75. The van der Waals surface area contributed by atoms with Crippen LogP contribution in [0, 0.1) is 13.8 Å². The van der Waals surface area contributed by atoms with Gasteiger partial charge in [-0.1, -0.05) is 32.5 Å². The van der Waals surface area contributed by atoms with Gasteiger partial charge in [-0.3, -0.25) is 8.98 Å². The molecule has 1 atom stereocenters. The second kappa shape index (κ2) is 9.95. The molecule has 1 amide bonds. The molecule has 4 nitrogen and oxygen atoms in total. The molecule has 19 heavy (non-hydrogen) atoms. The van der Waals surface area contributed by atoms with E-state index in [1.165, 1.54) is 0 Å². The Balaban J connectivity index is 0. The smallest absolute Gasteiger partial charge is 0.252 e. The van der Waals surface area contributed by atoms with E-state index in [0.717, 1.165) is 11.1 Å². The van der Waals surface area contributed by atoms with Crippen molar-refractivity contribution in [2.75, 3.05) is 11.9 Å². The number of carbonyl (C=O) groups is 1. The number of hydrogen-bond donors (Lipinski definition) is 1. The van der Waals surface area contributed by atoms with Gasteiger partial charge in [0.1, 0.15) is 11.9 Å². The standard InChI is InChI=1S/C11H14ClNO3S.2CH4/c1-8-3-4-10(5-9(8)2)11(14)13-7-17(15)16-6-12;;/h3-5H,6-7H2,1-2H3,(H,13,14);2*1H4. The number of hydrogen-bond acceptors (Lipinski definition) is 3. The van der Waals surface area contributed by atoms with E-state index in [1.807, 2.05) is 19.9 Å². The molecule has 0 saturated carbocycles. The molecular formula is C13H22ClNO3S.